The Morgan fingerprint density at radius 2 is 1.84 bits per heavy atom. The van der Waals surface area contributed by atoms with Gasteiger partial charge in [0.25, 0.3) is 0 Å². The molecule has 2 fully saturated rings. The number of ether oxygens (including phenoxy) is 2. The van der Waals surface area contributed by atoms with Gasteiger partial charge in [-0.3, -0.25) is 0 Å². The molecule has 32 heavy (non-hydrogen) atoms. The first-order valence-electron chi connectivity index (χ1n) is 11.0. The molecule has 0 aliphatic carbocycles. The van der Waals surface area contributed by atoms with E-state index in [1.807, 2.05) is 18.2 Å². The van der Waals surface area contributed by atoms with Crippen molar-refractivity contribution in [2.24, 2.45) is 5.92 Å². The van der Waals surface area contributed by atoms with Crippen LogP contribution in [0.1, 0.15) is 32.1 Å². The number of aromatic nitrogens is 2. The fourth-order valence-corrected chi connectivity index (χ4v) is 5.19. The third kappa shape index (κ3) is 4.58. The Kier molecular flexibility index (Phi) is 6.26. The summed E-state index contributed by atoms with van der Waals surface area (Å²) in [6, 6.07) is 10.6. The van der Waals surface area contributed by atoms with Crippen molar-refractivity contribution in [3.8, 4) is 11.5 Å². The highest BCUT2D eigenvalue weighted by Crippen LogP contribution is 2.37. The number of methoxy groups -OCH3 is 1. The van der Waals surface area contributed by atoms with Crippen LogP contribution in [0.25, 0.3) is 10.9 Å². The molecule has 2 aliphatic heterocycles. The molecular weight excluding hydrogens is 447 g/mol. The third-order valence-corrected chi connectivity index (χ3v) is 7.20. The molecule has 3 atom stereocenters. The van der Waals surface area contributed by atoms with Crippen LogP contribution in [0.15, 0.2) is 36.7 Å². The van der Waals surface area contributed by atoms with Crippen LogP contribution in [0.5, 0.6) is 11.5 Å². The first kappa shape index (κ1) is 21.6. The van der Waals surface area contributed by atoms with Gasteiger partial charge < -0.3 is 20.1 Å². The van der Waals surface area contributed by atoms with Crippen LogP contribution in [-0.4, -0.2) is 35.8 Å². The van der Waals surface area contributed by atoms with Gasteiger partial charge in [0.1, 0.15) is 12.1 Å². The molecular formula is C24H26Cl2N4O2. The second-order valence-corrected chi connectivity index (χ2v) is 9.42. The highest BCUT2D eigenvalue weighted by atomic mass is 35.5. The Morgan fingerprint density at radius 1 is 1.03 bits per heavy atom. The van der Waals surface area contributed by atoms with Gasteiger partial charge in [0.15, 0.2) is 11.5 Å². The predicted octanol–water partition coefficient (Wildman–Crippen LogP) is 5.99. The third-order valence-electron chi connectivity index (χ3n) is 6.46. The summed E-state index contributed by atoms with van der Waals surface area (Å²) >= 11 is 12.2. The molecule has 6 nitrogen and oxygen atoms in total. The van der Waals surface area contributed by atoms with Gasteiger partial charge in [-0.15, -0.1) is 0 Å². The Bertz CT molecular complexity index is 1110. The van der Waals surface area contributed by atoms with E-state index >= 15 is 0 Å². The fraction of sp³-hybridized carbons (Fsp3) is 0.417. The molecule has 1 aromatic heterocycles. The Morgan fingerprint density at radius 3 is 2.59 bits per heavy atom. The highest BCUT2D eigenvalue weighted by Gasteiger charge is 2.33. The van der Waals surface area contributed by atoms with E-state index in [0.29, 0.717) is 46.1 Å². The molecule has 0 unspecified atom stereocenters. The fourth-order valence-electron chi connectivity index (χ4n) is 4.89. The SMILES string of the molecule is COc1cc2c(Nc3ccc(Cl)c(Cl)c3)ncnc2cc1OCC[C@H]1C[C@H]2CC[C@@H](C1)N2. The molecule has 5 rings (SSSR count). The van der Waals surface area contributed by atoms with Crippen LogP contribution >= 0.6 is 23.2 Å². The normalized spacial score (nSPS) is 22.2. The summed E-state index contributed by atoms with van der Waals surface area (Å²) in [6.07, 6.45) is 7.74. The van der Waals surface area contributed by atoms with Gasteiger partial charge in [-0.05, 0) is 62.3 Å². The smallest absolute Gasteiger partial charge is 0.163 e. The van der Waals surface area contributed by atoms with Gasteiger partial charge in [0.05, 0.1) is 29.3 Å². The highest BCUT2D eigenvalue weighted by molar-refractivity contribution is 6.42. The average Bonchev–Trinajstić information content (AvgIpc) is 3.14. The molecule has 2 N–H and O–H groups in total. The standard InChI is InChI=1S/C24H26Cl2N4O2/c1-31-22-11-18-21(27-13-28-24(18)30-17-4-5-19(25)20(26)10-17)12-23(22)32-7-6-14-8-15-2-3-16(9-14)29-15/h4-5,10-16,29H,2-3,6-9H2,1H3,(H,27,28,30)/t14-,15+,16-. The molecule has 2 aliphatic rings. The quantitative estimate of drug-likeness (QED) is 0.440. The summed E-state index contributed by atoms with van der Waals surface area (Å²) < 4.78 is 11.8. The van der Waals surface area contributed by atoms with Crippen LogP contribution in [0, 0.1) is 5.92 Å². The minimum atomic E-state index is 0.477. The largest absolute Gasteiger partial charge is 0.493 e. The van der Waals surface area contributed by atoms with Gasteiger partial charge in [0, 0.05) is 29.2 Å². The number of hydrogen-bond acceptors (Lipinski definition) is 6. The number of halogens is 2. The van der Waals surface area contributed by atoms with Crippen molar-refractivity contribution in [2.75, 3.05) is 19.0 Å². The van der Waals surface area contributed by atoms with E-state index in [1.54, 1.807) is 19.2 Å². The molecule has 8 heteroatoms. The van der Waals surface area contributed by atoms with Crippen molar-refractivity contribution in [2.45, 2.75) is 44.2 Å². The van der Waals surface area contributed by atoms with Crippen LogP contribution < -0.4 is 20.1 Å². The van der Waals surface area contributed by atoms with Crippen molar-refractivity contribution < 1.29 is 9.47 Å². The molecule has 3 heterocycles. The van der Waals surface area contributed by atoms with Crippen molar-refractivity contribution in [3.63, 3.8) is 0 Å². The second-order valence-electron chi connectivity index (χ2n) is 8.61. The average molecular weight is 473 g/mol. The number of benzene rings is 2. The van der Waals surface area contributed by atoms with Crippen LogP contribution in [-0.2, 0) is 0 Å². The van der Waals surface area contributed by atoms with Gasteiger partial charge in [-0.1, -0.05) is 23.2 Å². The lowest BCUT2D eigenvalue weighted by atomic mass is 9.90. The number of rotatable bonds is 7. The lowest BCUT2D eigenvalue weighted by Gasteiger charge is -2.29. The molecule has 0 amide bonds. The van der Waals surface area contributed by atoms with E-state index in [-0.39, 0.29) is 0 Å². The molecule has 2 saturated heterocycles. The molecule has 0 radical (unpaired) electrons. The monoisotopic (exact) mass is 472 g/mol. The van der Waals surface area contributed by atoms with E-state index in [9.17, 15) is 0 Å². The van der Waals surface area contributed by atoms with Gasteiger partial charge in [-0.2, -0.15) is 0 Å². The van der Waals surface area contributed by atoms with Gasteiger partial charge >= 0.3 is 0 Å². The van der Waals surface area contributed by atoms with Crippen molar-refractivity contribution in [3.05, 3.63) is 46.7 Å². The zero-order chi connectivity index (χ0) is 22.1. The summed E-state index contributed by atoms with van der Waals surface area (Å²) in [4.78, 5) is 8.84. The minimum Gasteiger partial charge on any atom is -0.493 e. The van der Waals surface area contributed by atoms with Crippen molar-refractivity contribution in [1.82, 2.24) is 15.3 Å². The number of fused-ring (bicyclic) bond motifs is 3. The summed E-state index contributed by atoms with van der Waals surface area (Å²) in [5.41, 5.74) is 1.56. The summed E-state index contributed by atoms with van der Waals surface area (Å²) in [5, 5.41) is 8.80. The zero-order valence-corrected chi connectivity index (χ0v) is 19.4. The van der Waals surface area contributed by atoms with E-state index < -0.39 is 0 Å². The van der Waals surface area contributed by atoms with E-state index in [4.69, 9.17) is 32.7 Å². The molecule has 2 bridgehead atoms. The van der Waals surface area contributed by atoms with Crippen LogP contribution in [0.3, 0.4) is 0 Å². The maximum Gasteiger partial charge on any atom is 0.163 e. The number of hydrogen-bond donors (Lipinski definition) is 2. The van der Waals surface area contributed by atoms with Crippen molar-refractivity contribution >= 4 is 45.6 Å². The minimum absolute atomic E-state index is 0.477. The molecule has 0 spiro atoms. The van der Waals surface area contributed by atoms with E-state index in [1.165, 1.54) is 32.0 Å². The Labute approximate surface area is 197 Å². The van der Waals surface area contributed by atoms with Crippen molar-refractivity contribution in [1.29, 1.82) is 0 Å². The summed E-state index contributed by atoms with van der Waals surface area (Å²) in [7, 11) is 1.65. The molecule has 0 saturated carbocycles. The number of anilines is 2. The maximum absolute atomic E-state index is 6.16. The Hall–Kier alpha value is -2.28. The summed E-state index contributed by atoms with van der Waals surface area (Å²) in [5.74, 6) is 2.75. The van der Waals surface area contributed by atoms with E-state index in [0.717, 1.165) is 28.9 Å². The number of nitrogens with zero attached hydrogens (tertiary/aromatic N) is 2. The predicted molar refractivity (Wildman–Crippen MR) is 129 cm³/mol. The summed E-state index contributed by atoms with van der Waals surface area (Å²) in [6.45, 7) is 0.672. The molecule has 168 valence electrons. The molecule has 2 aromatic carbocycles. The topological polar surface area (TPSA) is 68.3 Å². The van der Waals surface area contributed by atoms with Gasteiger partial charge in [0.2, 0.25) is 0 Å². The number of nitrogens with one attached hydrogen (secondary N) is 2. The van der Waals surface area contributed by atoms with E-state index in [2.05, 4.69) is 20.6 Å². The lowest BCUT2D eigenvalue weighted by Crippen LogP contribution is -2.38. The zero-order valence-electron chi connectivity index (χ0n) is 17.9. The second kappa shape index (κ2) is 9.30. The number of piperidine rings is 1. The lowest BCUT2D eigenvalue weighted by molar-refractivity contribution is 0.222. The Balaban J connectivity index is 1.32. The van der Waals surface area contributed by atoms with Gasteiger partial charge in [-0.25, -0.2) is 9.97 Å². The van der Waals surface area contributed by atoms with Crippen LogP contribution in [0.2, 0.25) is 10.0 Å². The first-order chi connectivity index (χ1) is 15.6. The van der Waals surface area contributed by atoms with Crippen LogP contribution in [0.4, 0.5) is 11.5 Å². The first-order valence-corrected chi connectivity index (χ1v) is 11.8. The maximum atomic E-state index is 6.16. The molecule has 3 aromatic rings.